The maximum atomic E-state index is 13.7. The van der Waals surface area contributed by atoms with Crippen molar-refractivity contribution in [1.82, 2.24) is 14.7 Å². The van der Waals surface area contributed by atoms with Crippen LogP contribution in [0.3, 0.4) is 0 Å². The zero-order valence-corrected chi connectivity index (χ0v) is 25.6. The maximum Gasteiger partial charge on any atom is 0.254 e. The molecular formula is C33H43ClN4O3. The fourth-order valence-corrected chi connectivity index (χ4v) is 6.98. The number of likely N-dealkylation sites (tertiary alicyclic amines) is 3. The summed E-state index contributed by atoms with van der Waals surface area (Å²) < 4.78 is 0. The fraction of sp³-hybridized carbons (Fsp3) is 0.545. The van der Waals surface area contributed by atoms with Crippen LogP contribution >= 0.6 is 11.6 Å². The van der Waals surface area contributed by atoms with Crippen molar-refractivity contribution >= 4 is 35.0 Å². The van der Waals surface area contributed by atoms with Gasteiger partial charge in [-0.3, -0.25) is 14.4 Å². The number of hydrogen-bond donors (Lipinski definition) is 0. The Morgan fingerprint density at radius 2 is 1.54 bits per heavy atom. The molecule has 3 fully saturated rings. The van der Waals surface area contributed by atoms with Gasteiger partial charge in [-0.1, -0.05) is 35.4 Å². The summed E-state index contributed by atoms with van der Waals surface area (Å²) in [7, 11) is 0. The highest BCUT2D eigenvalue weighted by Crippen LogP contribution is 2.33. The van der Waals surface area contributed by atoms with Crippen molar-refractivity contribution < 1.29 is 14.4 Å². The Kier molecular flexibility index (Phi) is 9.05. The monoisotopic (exact) mass is 578 g/mol. The Bertz CT molecular complexity index is 1290. The van der Waals surface area contributed by atoms with Crippen LogP contribution in [0.5, 0.6) is 0 Å². The number of fused-ring (bicyclic) bond motifs is 1. The highest BCUT2D eigenvalue weighted by Gasteiger charge is 2.41. The van der Waals surface area contributed by atoms with Crippen molar-refractivity contribution in [2.75, 3.05) is 57.3 Å². The molecule has 5 rings (SSSR count). The molecular weight excluding hydrogens is 536 g/mol. The summed E-state index contributed by atoms with van der Waals surface area (Å²) in [6, 6.07) is 12.0. The number of piperidine rings is 1. The first-order chi connectivity index (χ1) is 19.6. The van der Waals surface area contributed by atoms with Gasteiger partial charge in [0.1, 0.15) is 0 Å². The zero-order chi connectivity index (χ0) is 29.3. The normalized spacial score (nSPS) is 21.3. The quantitative estimate of drug-likeness (QED) is 0.466. The summed E-state index contributed by atoms with van der Waals surface area (Å²) in [6.07, 6.45) is 2.26. The van der Waals surface area contributed by atoms with E-state index in [-0.39, 0.29) is 23.6 Å². The second kappa shape index (κ2) is 12.5. The van der Waals surface area contributed by atoms with E-state index < -0.39 is 0 Å². The number of amides is 3. The molecule has 2 unspecified atom stereocenters. The largest absolute Gasteiger partial charge is 0.343 e. The van der Waals surface area contributed by atoms with Crippen molar-refractivity contribution in [3.8, 4) is 0 Å². The number of anilines is 1. The molecule has 0 aliphatic carbocycles. The van der Waals surface area contributed by atoms with Crippen LogP contribution in [0.4, 0.5) is 5.69 Å². The third-order valence-corrected chi connectivity index (χ3v) is 9.76. The minimum absolute atomic E-state index is 0.0752. The molecule has 220 valence electrons. The molecule has 3 aliphatic heterocycles. The van der Waals surface area contributed by atoms with Crippen LogP contribution in [0, 0.1) is 38.5 Å². The zero-order valence-electron chi connectivity index (χ0n) is 24.9. The van der Waals surface area contributed by atoms with Crippen LogP contribution in [0.2, 0.25) is 5.02 Å². The molecule has 7 nitrogen and oxygen atoms in total. The first-order valence-electron chi connectivity index (χ1n) is 15.0. The molecule has 3 heterocycles. The van der Waals surface area contributed by atoms with Gasteiger partial charge in [0.2, 0.25) is 11.8 Å². The van der Waals surface area contributed by atoms with Gasteiger partial charge in [-0.25, -0.2) is 0 Å². The van der Waals surface area contributed by atoms with Crippen LogP contribution in [-0.2, 0) is 9.59 Å². The second-order valence-corrected chi connectivity index (χ2v) is 12.8. The molecule has 2 aromatic carbocycles. The van der Waals surface area contributed by atoms with Crippen molar-refractivity contribution in [3.05, 3.63) is 63.7 Å². The number of aryl methyl sites for hydroxylation is 3. The summed E-state index contributed by atoms with van der Waals surface area (Å²) >= 11 is 6.47. The SMILES string of the molecule is CC(=O)N1CCC(C(=O)N(CCCN2CC3CN(C(=O)c4cc(C)ccc4C)CC3C2)c2ccc(C)c(Cl)c2)CC1. The van der Waals surface area contributed by atoms with E-state index in [0.717, 1.165) is 67.1 Å². The Morgan fingerprint density at radius 3 is 2.17 bits per heavy atom. The molecule has 0 bridgehead atoms. The van der Waals surface area contributed by atoms with Gasteiger partial charge in [-0.05, 0) is 87.7 Å². The number of nitrogens with zero attached hydrogens (tertiary/aromatic N) is 4. The Balaban J connectivity index is 1.17. The van der Waals surface area contributed by atoms with E-state index in [9.17, 15) is 14.4 Å². The average molecular weight is 579 g/mol. The minimum atomic E-state index is -0.0858. The van der Waals surface area contributed by atoms with E-state index >= 15 is 0 Å². The van der Waals surface area contributed by atoms with Gasteiger partial charge < -0.3 is 19.6 Å². The molecule has 3 saturated heterocycles. The third kappa shape index (κ3) is 6.62. The van der Waals surface area contributed by atoms with E-state index in [1.54, 1.807) is 6.92 Å². The van der Waals surface area contributed by atoms with Crippen LogP contribution in [0.1, 0.15) is 53.2 Å². The van der Waals surface area contributed by atoms with Crippen LogP contribution in [0.25, 0.3) is 0 Å². The van der Waals surface area contributed by atoms with Crippen molar-refractivity contribution in [1.29, 1.82) is 0 Å². The minimum Gasteiger partial charge on any atom is -0.343 e. The lowest BCUT2D eigenvalue weighted by Gasteiger charge is -2.34. The summed E-state index contributed by atoms with van der Waals surface area (Å²) in [5, 5.41) is 0.666. The van der Waals surface area contributed by atoms with Gasteiger partial charge in [0, 0.05) is 74.9 Å². The fourth-order valence-electron chi connectivity index (χ4n) is 6.81. The third-order valence-electron chi connectivity index (χ3n) is 9.35. The summed E-state index contributed by atoms with van der Waals surface area (Å²) in [5.74, 6) is 1.29. The molecule has 3 amide bonds. The first-order valence-corrected chi connectivity index (χ1v) is 15.4. The van der Waals surface area contributed by atoms with Gasteiger partial charge in [-0.15, -0.1) is 0 Å². The highest BCUT2D eigenvalue weighted by atomic mass is 35.5. The molecule has 0 spiro atoms. The van der Waals surface area contributed by atoms with Gasteiger partial charge in [-0.2, -0.15) is 0 Å². The lowest BCUT2D eigenvalue weighted by Crippen LogP contribution is -2.44. The van der Waals surface area contributed by atoms with Crippen molar-refractivity contribution in [2.24, 2.45) is 17.8 Å². The van der Waals surface area contributed by atoms with Gasteiger partial charge >= 0.3 is 0 Å². The molecule has 0 aromatic heterocycles. The van der Waals surface area contributed by atoms with Crippen LogP contribution < -0.4 is 4.90 Å². The molecule has 2 atom stereocenters. The predicted octanol–water partition coefficient (Wildman–Crippen LogP) is 4.95. The number of carbonyl (C=O) groups excluding carboxylic acids is 3. The Morgan fingerprint density at radius 1 is 0.878 bits per heavy atom. The van der Waals surface area contributed by atoms with Gasteiger partial charge in [0.15, 0.2) is 0 Å². The number of carbonyl (C=O) groups is 3. The number of hydrogen-bond acceptors (Lipinski definition) is 4. The predicted molar refractivity (Wildman–Crippen MR) is 163 cm³/mol. The van der Waals surface area contributed by atoms with E-state index in [0.29, 0.717) is 49.3 Å². The molecule has 0 saturated carbocycles. The second-order valence-electron chi connectivity index (χ2n) is 12.4. The summed E-state index contributed by atoms with van der Waals surface area (Å²) in [5.41, 5.74) is 4.82. The molecule has 0 N–H and O–H groups in total. The smallest absolute Gasteiger partial charge is 0.254 e. The average Bonchev–Trinajstić information content (AvgIpc) is 3.52. The lowest BCUT2D eigenvalue weighted by molar-refractivity contribution is -0.133. The lowest BCUT2D eigenvalue weighted by atomic mass is 9.94. The molecule has 3 aliphatic rings. The van der Waals surface area contributed by atoms with Crippen molar-refractivity contribution in [3.63, 3.8) is 0 Å². The first kappa shape index (κ1) is 29.6. The Labute approximate surface area is 249 Å². The van der Waals surface area contributed by atoms with Crippen LogP contribution in [0.15, 0.2) is 36.4 Å². The number of benzene rings is 2. The Hall–Kier alpha value is -2.90. The number of halogens is 1. The molecule has 0 radical (unpaired) electrons. The summed E-state index contributed by atoms with van der Waals surface area (Å²) in [4.78, 5) is 47.1. The van der Waals surface area contributed by atoms with E-state index in [1.165, 1.54) is 0 Å². The van der Waals surface area contributed by atoms with Gasteiger partial charge in [0.25, 0.3) is 5.91 Å². The highest BCUT2D eigenvalue weighted by molar-refractivity contribution is 6.31. The topological polar surface area (TPSA) is 64.2 Å². The maximum absolute atomic E-state index is 13.7. The molecule has 8 heteroatoms. The van der Waals surface area contributed by atoms with E-state index in [2.05, 4.69) is 11.0 Å². The molecule has 2 aromatic rings. The van der Waals surface area contributed by atoms with E-state index in [4.69, 9.17) is 11.6 Å². The summed E-state index contributed by atoms with van der Waals surface area (Å²) in [6.45, 7) is 14.1. The van der Waals surface area contributed by atoms with Crippen LogP contribution in [-0.4, -0.2) is 84.8 Å². The van der Waals surface area contributed by atoms with Crippen molar-refractivity contribution in [2.45, 2.75) is 47.0 Å². The van der Waals surface area contributed by atoms with Gasteiger partial charge in [0.05, 0.1) is 0 Å². The van der Waals surface area contributed by atoms with E-state index in [1.807, 2.05) is 65.8 Å². The number of rotatable bonds is 7. The standard InChI is InChI=1S/C33H43ClN4O3/c1-22-6-7-23(2)30(16-22)33(41)37-20-27-18-35(19-28(27)21-37)12-5-13-38(29-9-8-24(3)31(34)17-29)32(40)26-10-14-36(15-11-26)25(4)39/h6-9,16-17,26-28H,5,10-15,18-21H2,1-4H3. The molecule has 41 heavy (non-hydrogen) atoms.